The molecule has 0 unspecified atom stereocenters. The zero-order valence-electron chi connectivity index (χ0n) is 13.1. The molecule has 20 heavy (non-hydrogen) atoms. The highest BCUT2D eigenvalue weighted by atomic mass is 15.3. The van der Waals surface area contributed by atoms with Crippen LogP contribution in [0.25, 0.3) is 10.9 Å². The summed E-state index contributed by atoms with van der Waals surface area (Å²) in [6.45, 7) is 9.74. The summed E-state index contributed by atoms with van der Waals surface area (Å²) in [4.78, 5) is 4.92. The fraction of sp³-hybridized carbons (Fsp3) is 0.562. The van der Waals surface area contributed by atoms with E-state index in [1.807, 2.05) is 31.8 Å². The van der Waals surface area contributed by atoms with Gasteiger partial charge in [-0.1, -0.05) is 19.9 Å². The Balaban J connectivity index is 0.000000704. The quantitative estimate of drug-likeness (QED) is 0.840. The number of hydrogen-bond donors (Lipinski definition) is 0. The monoisotopic (exact) mass is 274 g/mol. The first-order valence-corrected chi connectivity index (χ1v) is 7.54. The first kappa shape index (κ1) is 15.0. The van der Waals surface area contributed by atoms with Gasteiger partial charge in [-0.05, 0) is 24.7 Å². The molecule has 0 aliphatic carbocycles. The highest BCUT2D eigenvalue weighted by molar-refractivity contribution is 5.79. The number of hydrogen-bond acceptors (Lipinski definition) is 3. The summed E-state index contributed by atoms with van der Waals surface area (Å²) in [6.07, 6.45) is 1.95. The summed E-state index contributed by atoms with van der Waals surface area (Å²) < 4.78 is 1.93. The third-order valence-electron chi connectivity index (χ3n) is 3.81. The summed E-state index contributed by atoms with van der Waals surface area (Å²) in [5, 5.41) is 5.53. The van der Waals surface area contributed by atoms with Crippen molar-refractivity contribution in [3.63, 3.8) is 0 Å². The molecule has 0 atom stereocenters. The Labute approximate surface area is 122 Å². The van der Waals surface area contributed by atoms with Crippen LogP contribution in [-0.4, -0.2) is 52.8 Å². The van der Waals surface area contributed by atoms with Gasteiger partial charge in [-0.2, -0.15) is 5.10 Å². The molecular weight excluding hydrogens is 248 g/mol. The van der Waals surface area contributed by atoms with E-state index in [1.54, 1.807) is 0 Å². The molecule has 3 rings (SSSR count). The van der Waals surface area contributed by atoms with Crippen molar-refractivity contribution >= 4 is 10.9 Å². The van der Waals surface area contributed by atoms with Gasteiger partial charge in [-0.25, -0.2) is 0 Å². The van der Waals surface area contributed by atoms with E-state index < -0.39 is 0 Å². The van der Waals surface area contributed by atoms with Crippen LogP contribution in [0.15, 0.2) is 24.4 Å². The third kappa shape index (κ3) is 3.38. The fourth-order valence-electron chi connectivity index (χ4n) is 2.58. The second kappa shape index (κ2) is 6.86. The molecule has 1 saturated heterocycles. The number of nitrogens with zero attached hydrogens (tertiary/aromatic N) is 4. The zero-order valence-corrected chi connectivity index (χ0v) is 13.1. The Hall–Kier alpha value is -1.39. The van der Waals surface area contributed by atoms with E-state index in [0.717, 1.165) is 6.54 Å². The molecule has 1 aromatic carbocycles. The number of fused-ring (bicyclic) bond motifs is 1. The van der Waals surface area contributed by atoms with Crippen LogP contribution in [-0.2, 0) is 13.6 Å². The molecule has 2 heterocycles. The molecule has 1 aromatic heterocycles. The maximum atomic E-state index is 4.29. The maximum absolute atomic E-state index is 4.29. The zero-order chi connectivity index (χ0) is 14.5. The van der Waals surface area contributed by atoms with E-state index in [2.05, 4.69) is 40.1 Å². The minimum Gasteiger partial charge on any atom is -0.304 e. The van der Waals surface area contributed by atoms with Crippen LogP contribution in [0.3, 0.4) is 0 Å². The first-order valence-electron chi connectivity index (χ1n) is 7.54. The normalized spacial score (nSPS) is 17.0. The SMILES string of the molecule is CC.CN1CCN(Cc2ccc3c(cnn3C)c2)CC1. The molecule has 0 spiro atoms. The van der Waals surface area contributed by atoms with Gasteiger partial charge in [0.15, 0.2) is 0 Å². The average Bonchev–Trinajstić information content (AvgIpc) is 2.85. The number of likely N-dealkylation sites (N-methyl/N-ethyl adjacent to an activating group) is 1. The van der Waals surface area contributed by atoms with Crippen molar-refractivity contribution in [3.8, 4) is 0 Å². The van der Waals surface area contributed by atoms with E-state index in [9.17, 15) is 0 Å². The van der Waals surface area contributed by atoms with Crippen LogP contribution >= 0.6 is 0 Å². The number of piperazine rings is 1. The summed E-state index contributed by atoms with van der Waals surface area (Å²) in [5.74, 6) is 0. The number of benzene rings is 1. The Morgan fingerprint density at radius 2 is 1.75 bits per heavy atom. The van der Waals surface area contributed by atoms with Crippen molar-refractivity contribution in [2.45, 2.75) is 20.4 Å². The van der Waals surface area contributed by atoms with Gasteiger partial charge in [0, 0.05) is 45.2 Å². The molecule has 4 nitrogen and oxygen atoms in total. The second-order valence-corrected chi connectivity index (χ2v) is 5.24. The number of rotatable bonds is 2. The third-order valence-corrected chi connectivity index (χ3v) is 3.81. The van der Waals surface area contributed by atoms with Gasteiger partial charge in [0.1, 0.15) is 0 Å². The lowest BCUT2D eigenvalue weighted by Gasteiger charge is -2.32. The lowest BCUT2D eigenvalue weighted by atomic mass is 10.1. The van der Waals surface area contributed by atoms with Gasteiger partial charge in [0.25, 0.3) is 0 Å². The predicted molar refractivity (Wildman–Crippen MR) is 84.8 cm³/mol. The minimum absolute atomic E-state index is 1.05. The summed E-state index contributed by atoms with van der Waals surface area (Å²) >= 11 is 0. The first-order chi connectivity index (χ1) is 9.72. The van der Waals surface area contributed by atoms with E-state index in [0.29, 0.717) is 0 Å². The Bertz CT molecular complexity index is 538. The van der Waals surface area contributed by atoms with Gasteiger partial charge in [-0.15, -0.1) is 0 Å². The van der Waals surface area contributed by atoms with E-state index in [1.165, 1.54) is 42.6 Å². The predicted octanol–water partition coefficient (Wildman–Crippen LogP) is 2.35. The van der Waals surface area contributed by atoms with Crippen LogP contribution in [0, 0.1) is 0 Å². The molecule has 1 aliphatic rings. The standard InChI is InChI=1S/C14H20N4.C2H6/c1-16-5-7-18(8-6-16)11-12-3-4-14-13(9-12)10-15-17(14)2;1-2/h3-4,9-10H,5-8,11H2,1-2H3;1-2H3. The van der Waals surface area contributed by atoms with Crippen molar-refractivity contribution in [2.75, 3.05) is 33.2 Å². The topological polar surface area (TPSA) is 24.3 Å². The summed E-state index contributed by atoms with van der Waals surface area (Å²) in [6, 6.07) is 6.66. The second-order valence-electron chi connectivity index (χ2n) is 5.24. The Morgan fingerprint density at radius 1 is 1.05 bits per heavy atom. The Morgan fingerprint density at radius 3 is 2.45 bits per heavy atom. The smallest absolute Gasteiger partial charge is 0.0679 e. The molecule has 1 fully saturated rings. The minimum atomic E-state index is 1.05. The lowest BCUT2D eigenvalue weighted by molar-refractivity contribution is 0.148. The maximum Gasteiger partial charge on any atom is 0.0679 e. The van der Waals surface area contributed by atoms with Crippen LogP contribution in [0.5, 0.6) is 0 Å². The largest absolute Gasteiger partial charge is 0.304 e. The van der Waals surface area contributed by atoms with Crippen molar-refractivity contribution < 1.29 is 0 Å². The summed E-state index contributed by atoms with van der Waals surface area (Å²) in [7, 11) is 4.18. The van der Waals surface area contributed by atoms with Crippen molar-refractivity contribution in [1.29, 1.82) is 0 Å². The molecule has 1 aliphatic heterocycles. The van der Waals surface area contributed by atoms with Crippen molar-refractivity contribution in [3.05, 3.63) is 30.0 Å². The molecule has 0 bridgehead atoms. The van der Waals surface area contributed by atoms with Crippen LogP contribution in [0.4, 0.5) is 0 Å². The fourth-order valence-corrected chi connectivity index (χ4v) is 2.58. The average molecular weight is 274 g/mol. The molecule has 0 radical (unpaired) electrons. The molecule has 0 saturated carbocycles. The molecule has 0 N–H and O–H groups in total. The molecule has 0 amide bonds. The number of aromatic nitrogens is 2. The molecule has 2 aromatic rings. The molecule has 4 heteroatoms. The van der Waals surface area contributed by atoms with Crippen LogP contribution < -0.4 is 0 Å². The highest BCUT2D eigenvalue weighted by Gasteiger charge is 2.14. The van der Waals surface area contributed by atoms with Gasteiger partial charge in [0.05, 0.1) is 11.7 Å². The number of aryl methyl sites for hydroxylation is 1. The molecule has 110 valence electrons. The van der Waals surface area contributed by atoms with Crippen molar-refractivity contribution in [2.24, 2.45) is 7.05 Å². The lowest BCUT2D eigenvalue weighted by Crippen LogP contribution is -2.43. The van der Waals surface area contributed by atoms with Crippen LogP contribution in [0.1, 0.15) is 19.4 Å². The summed E-state index contributed by atoms with van der Waals surface area (Å²) in [5.41, 5.74) is 2.59. The van der Waals surface area contributed by atoms with Crippen LogP contribution in [0.2, 0.25) is 0 Å². The molecular formula is C16H26N4. The van der Waals surface area contributed by atoms with Gasteiger partial charge in [-0.3, -0.25) is 9.58 Å². The van der Waals surface area contributed by atoms with Gasteiger partial charge >= 0.3 is 0 Å². The van der Waals surface area contributed by atoms with E-state index >= 15 is 0 Å². The Kier molecular flexibility index (Phi) is 5.15. The highest BCUT2D eigenvalue weighted by Crippen LogP contribution is 2.16. The van der Waals surface area contributed by atoms with Gasteiger partial charge in [0.2, 0.25) is 0 Å². The van der Waals surface area contributed by atoms with Gasteiger partial charge < -0.3 is 4.90 Å². The van der Waals surface area contributed by atoms with E-state index in [4.69, 9.17) is 0 Å². The van der Waals surface area contributed by atoms with Crippen molar-refractivity contribution in [1.82, 2.24) is 19.6 Å². The van der Waals surface area contributed by atoms with E-state index in [-0.39, 0.29) is 0 Å².